The molecule has 136 valence electrons. The Morgan fingerprint density at radius 1 is 0.704 bits per heavy atom. The molecular weight excluding hydrogens is 351 g/mol. The molecule has 27 heavy (non-hydrogen) atoms. The lowest BCUT2D eigenvalue weighted by atomic mass is 10.3. The molecule has 0 unspecified atom stereocenters. The maximum atomic E-state index is 5.76. The molecule has 0 radical (unpaired) electrons. The Morgan fingerprint density at radius 3 is 1.44 bits per heavy atom. The van der Waals surface area contributed by atoms with Crippen LogP contribution in [-0.2, 0) is 9.47 Å². The van der Waals surface area contributed by atoms with Crippen LogP contribution in [0.2, 0.25) is 0 Å². The van der Waals surface area contributed by atoms with Gasteiger partial charge in [-0.15, -0.1) is 0 Å². The van der Waals surface area contributed by atoms with Gasteiger partial charge < -0.3 is 9.47 Å². The van der Waals surface area contributed by atoms with E-state index in [1.807, 2.05) is 0 Å². The summed E-state index contributed by atoms with van der Waals surface area (Å²) < 4.78 is 11.5. The molecule has 1 aliphatic heterocycles. The summed E-state index contributed by atoms with van der Waals surface area (Å²) in [4.78, 5) is 0. The van der Waals surface area contributed by atoms with Gasteiger partial charge in [-0.3, -0.25) is 0 Å². The Bertz CT molecular complexity index is 775. The van der Waals surface area contributed by atoms with Gasteiger partial charge >= 0.3 is 0 Å². The standard InChI is InChI=1S/C24H24O2P/c1-20(24-25-17-18-26-24)19-27(21-11-5-2-6-12-21,22-13-7-3-8-14-22)23-15-9-4-10-16-23/h2-16,24H,1,17-19H2/q+1. The highest BCUT2D eigenvalue weighted by molar-refractivity contribution is 7.95. The van der Waals surface area contributed by atoms with Crippen molar-refractivity contribution in [2.24, 2.45) is 0 Å². The zero-order chi connectivity index (χ0) is 18.5. The Balaban J connectivity index is 1.90. The number of rotatable bonds is 6. The van der Waals surface area contributed by atoms with Crippen LogP contribution in [0.4, 0.5) is 0 Å². The first-order valence-electron chi connectivity index (χ1n) is 9.26. The summed E-state index contributed by atoms with van der Waals surface area (Å²) in [6.45, 7) is 5.65. The minimum absolute atomic E-state index is 0.305. The van der Waals surface area contributed by atoms with E-state index in [1.54, 1.807) is 0 Å². The van der Waals surface area contributed by atoms with Gasteiger partial charge in [0.1, 0.15) is 23.2 Å². The molecular formula is C24H24O2P+. The molecule has 3 aromatic rings. The molecule has 0 aliphatic carbocycles. The molecule has 0 amide bonds. The monoisotopic (exact) mass is 375 g/mol. The van der Waals surface area contributed by atoms with Crippen LogP contribution in [-0.4, -0.2) is 25.7 Å². The molecule has 0 bridgehead atoms. The summed E-state index contributed by atoms with van der Waals surface area (Å²) in [5, 5.41) is 4.05. The molecule has 3 aromatic carbocycles. The Labute approximate surface area is 161 Å². The summed E-state index contributed by atoms with van der Waals surface area (Å²) in [6.07, 6.45) is 0.524. The van der Waals surface area contributed by atoms with E-state index in [0.717, 1.165) is 11.7 Å². The van der Waals surface area contributed by atoms with Crippen LogP contribution in [0.5, 0.6) is 0 Å². The van der Waals surface area contributed by atoms with E-state index in [-0.39, 0.29) is 6.29 Å². The Kier molecular flexibility index (Phi) is 5.50. The van der Waals surface area contributed by atoms with E-state index in [9.17, 15) is 0 Å². The van der Waals surface area contributed by atoms with Crippen LogP contribution in [0.15, 0.2) is 103 Å². The highest BCUT2D eigenvalue weighted by Gasteiger charge is 2.46. The van der Waals surface area contributed by atoms with Crippen molar-refractivity contribution in [2.45, 2.75) is 6.29 Å². The van der Waals surface area contributed by atoms with Crippen LogP contribution < -0.4 is 15.9 Å². The van der Waals surface area contributed by atoms with Gasteiger partial charge in [-0.2, -0.15) is 0 Å². The van der Waals surface area contributed by atoms with Crippen molar-refractivity contribution in [1.82, 2.24) is 0 Å². The van der Waals surface area contributed by atoms with E-state index in [0.29, 0.717) is 13.2 Å². The van der Waals surface area contributed by atoms with Gasteiger partial charge in [-0.25, -0.2) is 0 Å². The number of ether oxygens (including phenoxy) is 2. The topological polar surface area (TPSA) is 18.5 Å². The maximum Gasteiger partial charge on any atom is 0.183 e. The Morgan fingerprint density at radius 2 is 1.07 bits per heavy atom. The van der Waals surface area contributed by atoms with Crippen molar-refractivity contribution in [3.05, 3.63) is 103 Å². The second-order valence-corrected chi connectivity index (χ2v) is 10.2. The predicted molar refractivity (Wildman–Crippen MR) is 115 cm³/mol. The molecule has 1 aliphatic rings. The number of hydrogen-bond acceptors (Lipinski definition) is 2. The van der Waals surface area contributed by atoms with Crippen LogP contribution in [0.1, 0.15) is 0 Å². The van der Waals surface area contributed by atoms with Gasteiger partial charge in [0.15, 0.2) is 6.29 Å². The highest BCUT2D eigenvalue weighted by Crippen LogP contribution is 2.56. The van der Waals surface area contributed by atoms with E-state index < -0.39 is 7.26 Å². The summed E-state index contributed by atoms with van der Waals surface area (Å²) >= 11 is 0. The Hall–Kier alpha value is -2.25. The molecule has 1 fully saturated rings. The third-order valence-corrected chi connectivity index (χ3v) is 9.41. The fourth-order valence-electron chi connectivity index (χ4n) is 3.74. The summed E-state index contributed by atoms with van der Waals surface area (Å²) in [7, 11) is -1.92. The predicted octanol–water partition coefficient (Wildman–Crippen LogP) is 3.91. The van der Waals surface area contributed by atoms with Crippen molar-refractivity contribution < 1.29 is 9.47 Å². The van der Waals surface area contributed by atoms with Gasteiger partial charge in [-0.1, -0.05) is 61.2 Å². The smallest absolute Gasteiger partial charge is 0.183 e. The van der Waals surface area contributed by atoms with E-state index >= 15 is 0 Å². The first-order chi connectivity index (χ1) is 13.3. The van der Waals surface area contributed by atoms with Gasteiger partial charge in [0.2, 0.25) is 0 Å². The zero-order valence-electron chi connectivity index (χ0n) is 15.3. The maximum absolute atomic E-state index is 5.76. The van der Waals surface area contributed by atoms with Gasteiger partial charge in [0.25, 0.3) is 0 Å². The average Bonchev–Trinajstić information content (AvgIpc) is 3.29. The van der Waals surface area contributed by atoms with E-state index in [1.165, 1.54) is 15.9 Å². The van der Waals surface area contributed by atoms with Crippen molar-refractivity contribution in [3.63, 3.8) is 0 Å². The van der Waals surface area contributed by atoms with Gasteiger partial charge in [0, 0.05) is 5.57 Å². The first-order valence-corrected chi connectivity index (χ1v) is 11.2. The largest absolute Gasteiger partial charge is 0.346 e. The van der Waals surface area contributed by atoms with E-state index in [2.05, 4.69) is 97.6 Å². The molecule has 2 nitrogen and oxygen atoms in total. The fraction of sp³-hybridized carbons (Fsp3) is 0.167. The minimum Gasteiger partial charge on any atom is -0.346 e. The molecule has 3 heteroatoms. The average molecular weight is 375 g/mol. The van der Waals surface area contributed by atoms with Crippen LogP contribution in [0.25, 0.3) is 0 Å². The highest BCUT2D eigenvalue weighted by atomic mass is 31.2. The molecule has 0 saturated carbocycles. The second kappa shape index (κ2) is 8.19. The summed E-state index contributed by atoms with van der Waals surface area (Å²) in [5.74, 6) is 0. The quantitative estimate of drug-likeness (QED) is 0.480. The lowest BCUT2D eigenvalue weighted by molar-refractivity contribution is -0.0102. The fourth-order valence-corrected chi connectivity index (χ4v) is 7.99. The second-order valence-electron chi connectivity index (χ2n) is 6.71. The van der Waals surface area contributed by atoms with Crippen LogP contribution in [0, 0.1) is 0 Å². The van der Waals surface area contributed by atoms with Crippen LogP contribution >= 0.6 is 7.26 Å². The molecule has 1 heterocycles. The van der Waals surface area contributed by atoms with Crippen molar-refractivity contribution in [3.8, 4) is 0 Å². The van der Waals surface area contributed by atoms with E-state index in [4.69, 9.17) is 9.47 Å². The normalized spacial score (nSPS) is 15.0. The number of benzene rings is 3. The minimum atomic E-state index is -1.92. The van der Waals surface area contributed by atoms with Gasteiger partial charge in [-0.05, 0) is 36.4 Å². The third kappa shape index (κ3) is 3.61. The number of hydrogen-bond donors (Lipinski definition) is 0. The summed E-state index contributed by atoms with van der Waals surface area (Å²) in [6, 6.07) is 32.5. The molecule has 0 aromatic heterocycles. The van der Waals surface area contributed by atoms with Crippen molar-refractivity contribution in [2.75, 3.05) is 19.4 Å². The molecule has 1 saturated heterocycles. The third-order valence-electron chi connectivity index (χ3n) is 4.99. The first kappa shape index (κ1) is 18.1. The molecule has 0 N–H and O–H groups in total. The van der Waals surface area contributed by atoms with Crippen molar-refractivity contribution in [1.29, 1.82) is 0 Å². The lowest BCUT2D eigenvalue weighted by Gasteiger charge is -2.29. The molecule has 0 spiro atoms. The SMILES string of the molecule is C=C(C[P+](c1ccccc1)(c1ccccc1)c1ccccc1)C1OCCO1. The van der Waals surface area contributed by atoms with Crippen molar-refractivity contribution >= 4 is 23.2 Å². The summed E-state index contributed by atoms with van der Waals surface area (Å²) in [5.41, 5.74) is 1.01. The molecule has 4 rings (SSSR count). The lowest BCUT2D eigenvalue weighted by Crippen LogP contribution is -2.35. The zero-order valence-corrected chi connectivity index (χ0v) is 16.2. The van der Waals surface area contributed by atoms with Crippen LogP contribution in [0.3, 0.4) is 0 Å². The van der Waals surface area contributed by atoms with Gasteiger partial charge in [0.05, 0.1) is 19.4 Å². The molecule has 0 atom stereocenters.